The Bertz CT molecular complexity index is 365. The Morgan fingerprint density at radius 3 is 2.88 bits per heavy atom. The topological polar surface area (TPSA) is 51.4 Å². The Morgan fingerprint density at radius 1 is 1.56 bits per heavy atom. The molecule has 0 bridgehead atoms. The van der Waals surface area contributed by atoms with Gasteiger partial charge < -0.3 is 15.4 Å². The molecule has 1 aromatic heterocycles. The second-order valence-electron chi connectivity index (χ2n) is 4.12. The number of hydrogen-bond donors (Lipinski definition) is 1. The molecule has 2 unspecified atom stereocenters. The molecule has 2 rings (SSSR count). The standard InChI is InChI=1S/C11H16ClN3O/c1-7-9(3-4-16-7)15(2)11-6-8(13)5-10(12)14-11/h5-7,9H,3-4H2,1-2H3,(H2,13,14). The summed E-state index contributed by atoms with van der Waals surface area (Å²) < 4.78 is 5.53. The average molecular weight is 242 g/mol. The van der Waals surface area contributed by atoms with Crippen LogP contribution in [0.15, 0.2) is 12.1 Å². The van der Waals surface area contributed by atoms with Gasteiger partial charge in [-0.05, 0) is 19.4 Å². The van der Waals surface area contributed by atoms with E-state index in [9.17, 15) is 0 Å². The molecule has 0 radical (unpaired) electrons. The first-order valence-electron chi connectivity index (χ1n) is 5.35. The van der Waals surface area contributed by atoms with Crippen LogP contribution in [-0.4, -0.2) is 30.8 Å². The molecule has 2 N–H and O–H groups in total. The second kappa shape index (κ2) is 4.47. The van der Waals surface area contributed by atoms with Crippen molar-refractivity contribution in [2.45, 2.75) is 25.5 Å². The lowest BCUT2D eigenvalue weighted by molar-refractivity contribution is 0.118. The van der Waals surface area contributed by atoms with Crippen molar-refractivity contribution in [2.24, 2.45) is 0 Å². The highest BCUT2D eigenvalue weighted by molar-refractivity contribution is 6.29. The first-order chi connectivity index (χ1) is 7.58. The Hall–Kier alpha value is -1.00. The molecule has 0 saturated carbocycles. The van der Waals surface area contributed by atoms with Crippen LogP contribution in [0.5, 0.6) is 0 Å². The summed E-state index contributed by atoms with van der Waals surface area (Å²) in [5, 5.41) is 0.424. The van der Waals surface area contributed by atoms with Gasteiger partial charge in [-0.1, -0.05) is 11.6 Å². The Labute approximate surface area is 100 Å². The molecule has 0 aliphatic carbocycles. The molecule has 1 saturated heterocycles. The summed E-state index contributed by atoms with van der Waals surface area (Å²) in [5.74, 6) is 0.798. The fourth-order valence-electron chi connectivity index (χ4n) is 2.08. The van der Waals surface area contributed by atoms with Gasteiger partial charge in [0.05, 0.1) is 12.1 Å². The van der Waals surface area contributed by atoms with Gasteiger partial charge in [0.15, 0.2) is 0 Å². The van der Waals surface area contributed by atoms with Crippen LogP contribution >= 0.6 is 11.6 Å². The molecular weight excluding hydrogens is 226 g/mol. The fraction of sp³-hybridized carbons (Fsp3) is 0.545. The van der Waals surface area contributed by atoms with Crippen LogP contribution in [0, 0.1) is 0 Å². The lowest BCUT2D eigenvalue weighted by atomic mass is 10.1. The zero-order chi connectivity index (χ0) is 11.7. The molecule has 1 aromatic rings. The van der Waals surface area contributed by atoms with E-state index in [1.165, 1.54) is 0 Å². The Kier molecular flexibility index (Phi) is 3.21. The molecular formula is C11H16ClN3O. The van der Waals surface area contributed by atoms with Crippen LogP contribution in [0.3, 0.4) is 0 Å². The third-order valence-electron chi connectivity index (χ3n) is 3.00. The van der Waals surface area contributed by atoms with Crippen LogP contribution in [-0.2, 0) is 4.74 Å². The third kappa shape index (κ3) is 2.23. The lowest BCUT2D eigenvalue weighted by Crippen LogP contribution is -2.37. The van der Waals surface area contributed by atoms with Crippen molar-refractivity contribution in [1.29, 1.82) is 0 Å². The molecule has 88 valence electrons. The normalized spacial score (nSPS) is 24.7. The van der Waals surface area contributed by atoms with Crippen molar-refractivity contribution >= 4 is 23.1 Å². The zero-order valence-electron chi connectivity index (χ0n) is 9.48. The number of pyridine rings is 1. The molecule has 2 heterocycles. The maximum atomic E-state index is 5.89. The highest BCUT2D eigenvalue weighted by Gasteiger charge is 2.28. The molecule has 0 aromatic carbocycles. The number of likely N-dealkylation sites (N-methyl/N-ethyl adjacent to an activating group) is 1. The quantitative estimate of drug-likeness (QED) is 0.804. The van der Waals surface area contributed by atoms with Gasteiger partial charge in [-0.3, -0.25) is 0 Å². The van der Waals surface area contributed by atoms with Gasteiger partial charge in [-0.25, -0.2) is 4.98 Å². The summed E-state index contributed by atoms with van der Waals surface area (Å²) >= 11 is 5.89. The van der Waals surface area contributed by atoms with Crippen molar-refractivity contribution in [3.8, 4) is 0 Å². The summed E-state index contributed by atoms with van der Waals surface area (Å²) in [6.45, 7) is 2.87. The number of halogens is 1. The van der Waals surface area contributed by atoms with Gasteiger partial charge in [0.25, 0.3) is 0 Å². The number of hydrogen-bond acceptors (Lipinski definition) is 4. The Morgan fingerprint density at radius 2 is 2.31 bits per heavy atom. The summed E-state index contributed by atoms with van der Waals surface area (Å²) in [6, 6.07) is 3.81. The third-order valence-corrected chi connectivity index (χ3v) is 3.19. The van der Waals surface area contributed by atoms with E-state index in [2.05, 4.69) is 16.8 Å². The van der Waals surface area contributed by atoms with Crippen LogP contribution < -0.4 is 10.6 Å². The van der Waals surface area contributed by atoms with Gasteiger partial charge in [0.2, 0.25) is 0 Å². The van der Waals surface area contributed by atoms with Crippen LogP contribution in [0.1, 0.15) is 13.3 Å². The van der Waals surface area contributed by atoms with Crippen LogP contribution in [0.2, 0.25) is 5.15 Å². The molecule has 0 amide bonds. The fourth-order valence-corrected chi connectivity index (χ4v) is 2.29. The van der Waals surface area contributed by atoms with Crippen LogP contribution in [0.4, 0.5) is 11.5 Å². The summed E-state index contributed by atoms with van der Waals surface area (Å²) in [7, 11) is 1.99. The molecule has 0 spiro atoms. The van der Waals surface area contributed by atoms with E-state index in [1.807, 2.05) is 13.1 Å². The number of nitrogens with two attached hydrogens (primary N) is 1. The summed E-state index contributed by atoms with van der Waals surface area (Å²) in [6.07, 6.45) is 1.22. The van der Waals surface area contributed by atoms with Crippen molar-refractivity contribution in [1.82, 2.24) is 4.98 Å². The van der Waals surface area contributed by atoms with E-state index in [-0.39, 0.29) is 6.10 Å². The molecule has 5 heteroatoms. The minimum absolute atomic E-state index is 0.215. The maximum Gasteiger partial charge on any atom is 0.133 e. The largest absolute Gasteiger partial charge is 0.399 e. The maximum absolute atomic E-state index is 5.89. The molecule has 1 aliphatic heterocycles. The van der Waals surface area contributed by atoms with Crippen molar-refractivity contribution in [2.75, 3.05) is 24.3 Å². The smallest absolute Gasteiger partial charge is 0.133 e. The van der Waals surface area contributed by atoms with Crippen molar-refractivity contribution in [3.05, 3.63) is 17.3 Å². The lowest BCUT2D eigenvalue weighted by Gasteiger charge is -2.27. The number of aromatic nitrogens is 1. The zero-order valence-corrected chi connectivity index (χ0v) is 10.2. The van der Waals surface area contributed by atoms with Gasteiger partial charge in [-0.2, -0.15) is 0 Å². The number of ether oxygens (including phenoxy) is 1. The minimum atomic E-state index is 0.215. The average Bonchev–Trinajstić information content (AvgIpc) is 2.62. The summed E-state index contributed by atoms with van der Waals surface area (Å²) in [4.78, 5) is 6.35. The van der Waals surface area contributed by atoms with E-state index in [0.29, 0.717) is 16.9 Å². The first kappa shape index (κ1) is 11.5. The number of rotatable bonds is 2. The Balaban J connectivity index is 2.22. The second-order valence-corrected chi connectivity index (χ2v) is 4.51. The van der Waals surface area contributed by atoms with E-state index < -0.39 is 0 Å². The SMILES string of the molecule is CC1OCCC1N(C)c1cc(N)cc(Cl)n1. The number of nitrogen functional groups attached to an aromatic ring is 1. The summed E-state index contributed by atoms with van der Waals surface area (Å²) in [5.41, 5.74) is 6.38. The molecule has 1 fully saturated rings. The highest BCUT2D eigenvalue weighted by Crippen LogP contribution is 2.25. The van der Waals surface area contributed by atoms with E-state index in [1.54, 1.807) is 6.07 Å². The number of anilines is 2. The molecule has 1 aliphatic rings. The monoisotopic (exact) mass is 241 g/mol. The molecule has 2 atom stereocenters. The van der Waals surface area contributed by atoms with Gasteiger partial charge in [-0.15, -0.1) is 0 Å². The number of nitrogens with zero attached hydrogens (tertiary/aromatic N) is 2. The molecule has 4 nitrogen and oxygen atoms in total. The van der Waals surface area contributed by atoms with E-state index in [0.717, 1.165) is 18.8 Å². The predicted octanol–water partition coefficient (Wildman–Crippen LogP) is 1.93. The first-order valence-corrected chi connectivity index (χ1v) is 5.73. The minimum Gasteiger partial charge on any atom is -0.399 e. The van der Waals surface area contributed by atoms with Gasteiger partial charge in [0, 0.05) is 25.4 Å². The van der Waals surface area contributed by atoms with Gasteiger partial charge in [0.1, 0.15) is 11.0 Å². The van der Waals surface area contributed by atoms with Crippen molar-refractivity contribution < 1.29 is 4.74 Å². The predicted molar refractivity (Wildman–Crippen MR) is 65.9 cm³/mol. The highest BCUT2D eigenvalue weighted by atomic mass is 35.5. The van der Waals surface area contributed by atoms with E-state index in [4.69, 9.17) is 22.1 Å². The van der Waals surface area contributed by atoms with Crippen molar-refractivity contribution in [3.63, 3.8) is 0 Å². The van der Waals surface area contributed by atoms with E-state index >= 15 is 0 Å². The molecule has 16 heavy (non-hydrogen) atoms. The van der Waals surface area contributed by atoms with Gasteiger partial charge >= 0.3 is 0 Å². The van der Waals surface area contributed by atoms with Crippen LogP contribution in [0.25, 0.3) is 0 Å².